The van der Waals surface area contributed by atoms with Crippen LogP contribution in [0, 0.1) is 23.7 Å². The summed E-state index contributed by atoms with van der Waals surface area (Å²) in [6.45, 7) is 10.7. The van der Waals surface area contributed by atoms with E-state index >= 15 is 0 Å². The van der Waals surface area contributed by atoms with Crippen LogP contribution < -0.4 is 0 Å². The highest BCUT2D eigenvalue weighted by Gasteiger charge is 2.32. The maximum absolute atomic E-state index is 11.9. The Labute approximate surface area is 105 Å². The Kier molecular flexibility index (Phi) is 5.16. The van der Waals surface area contributed by atoms with Gasteiger partial charge in [0.15, 0.2) is 0 Å². The quantitative estimate of drug-likeness (QED) is 0.736. The third-order valence-electron chi connectivity index (χ3n) is 3.82. The van der Waals surface area contributed by atoms with E-state index in [4.69, 9.17) is 0 Å². The molecule has 2 nitrogen and oxygen atoms in total. The van der Waals surface area contributed by atoms with Crippen molar-refractivity contribution in [1.82, 2.24) is 4.90 Å². The molecule has 3 heteroatoms. The zero-order valence-corrected chi connectivity index (χ0v) is 11.8. The highest BCUT2D eigenvalue weighted by molar-refractivity contribution is 7.80. The lowest BCUT2D eigenvalue weighted by Gasteiger charge is -2.26. The topological polar surface area (TPSA) is 20.3 Å². The van der Waals surface area contributed by atoms with Crippen LogP contribution in [-0.2, 0) is 4.79 Å². The molecule has 0 N–H and O–H groups in total. The van der Waals surface area contributed by atoms with E-state index in [0.717, 1.165) is 25.3 Å². The average Bonchev–Trinajstić information content (AvgIpc) is 2.56. The van der Waals surface area contributed by atoms with Gasteiger partial charge in [0, 0.05) is 19.5 Å². The number of thiol groups is 1. The van der Waals surface area contributed by atoms with Crippen molar-refractivity contribution >= 4 is 18.5 Å². The van der Waals surface area contributed by atoms with Crippen LogP contribution in [0.3, 0.4) is 0 Å². The molecule has 1 aliphatic heterocycles. The molecule has 0 bridgehead atoms. The molecule has 0 spiro atoms. The van der Waals surface area contributed by atoms with E-state index < -0.39 is 0 Å². The molecule has 1 heterocycles. The van der Waals surface area contributed by atoms with E-state index in [-0.39, 0.29) is 0 Å². The molecule has 2 unspecified atom stereocenters. The lowest BCUT2D eigenvalue weighted by atomic mass is 9.95. The summed E-state index contributed by atoms with van der Waals surface area (Å²) < 4.78 is 0. The van der Waals surface area contributed by atoms with E-state index in [1.807, 2.05) is 4.90 Å². The second-order valence-corrected chi connectivity index (χ2v) is 6.06. The Bertz CT molecular complexity index is 240. The van der Waals surface area contributed by atoms with Crippen LogP contribution in [0.4, 0.5) is 0 Å². The molecule has 1 saturated heterocycles. The number of hydrogen-bond acceptors (Lipinski definition) is 2. The number of hydrogen-bond donors (Lipinski definition) is 1. The zero-order valence-electron chi connectivity index (χ0n) is 10.9. The second kappa shape index (κ2) is 5.95. The van der Waals surface area contributed by atoms with Gasteiger partial charge in [-0.05, 0) is 29.4 Å². The molecule has 1 rings (SSSR count). The maximum atomic E-state index is 11.9. The normalized spacial score (nSPS) is 23.6. The summed E-state index contributed by atoms with van der Waals surface area (Å²) in [5, 5.41) is 0. The van der Waals surface area contributed by atoms with Crippen LogP contribution in [-0.4, -0.2) is 29.6 Å². The van der Waals surface area contributed by atoms with Crippen molar-refractivity contribution in [3.8, 4) is 0 Å². The third-order valence-corrected chi connectivity index (χ3v) is 4.29. The van der Waals surface area contributed by atoms with E-state index in [2.05, 4.69) is 40.3 Å². The van der Waals surface area contributed by atoms with Gasteiger partial charge in [0.25, 0.3) is 0 Å². The summed E-state index contributed by atoms with van der Waals surface area (Å²) in [6, 6.07) is 0. The summed E-state index contributed by atoms with van der Waals surface area (Å²) in [4.78, 5) is 13.9. The molecule has 0 radical (unpaired) electrons. The molecule has 0 saturated carbocycles. The number of nitrogens with zero attached hydrogens (tertiary/aromatic N) is 1. The molecule has 16 heavy (non-hydrogen) atoms. The molecule has 1 aliphatic rings. The second-order valence-electron chi connectivity index (χ2n) is 5.69. The molecular formula is C13H25NOS. The van der Waals surface area contributed by atoms with Crippen LogP contribution in [0.2, 0.25) is 0 Å². The maximum Gasteiger partial charge on any atom is 0.222 e. The van der Waals surface area contributed by atoms with Crippen molar-refractivity contribution in [1.29, 1.82) is 0 Å². The number of carbonyl (C=O) groups is 1. The molecular weight excluding hydrogens is 218 g/mol. The zero-order chi connectivity index (χ0) is 12.3. The number of likely N-dealkylation sites (tertiary alicyclic amines) is 1. The van der Waals surface area contributed by atoms with E-state index in [1.54, 1.807) is 0 Å². The molecule has 0 aromatic heterocycles. The summed E-state index contributed by atoms with van der Waals surface area (Å²) in [5.41, 5.74) is 0. The molecule has 1 fully saturated rings. The van der Waals surface area contributed by atoms with Gasteiger partial charge in [-0.3, -0.25) is 4.79 Å². The van der Waals surface area contributed by atoms with Crippen LogP contribution in [0.25, 0.3) is 0 Å². The molecule has 0 aromatic carbocycles. The number of amides is 1. The fraction of sp³-hybridized carbons (Fsp3) is 0.923. The Morgan fingerprint density at radius 3 is 2.38 bits per heavy atom. The Morgan fingerprint density at radius 2 is 2.00 bits per heavy atom. The van der Waals surface area contributed by atoms with E-state index in [0.29, 0.717) is 29.6 Å². The summed E-state index contributed by atoms with van der Waals surface area (Å²) in [6.07, 6.45) is 0.745. The van der Waals surface area contributed by atoms with Crippen LogP contribution >= 0.6 is 12.6 Å². The SMILES string of the molecule is CC(C)C(CS)CN1CC(C(C)C)CC1=O. The molecule has 0 aliphatic carbocycles. The highest BCUT2D eigenvalue weighted by Crippen LogP contribution is 2.26. The Balaban J connectivity index is 2.52. The Hall–Kier alpha value is -0.180. The predicted octanol–water partition coefficient (Wildman–Crippen LogP) is 2.69. The fourth-order valence-electron chi connectivity index (χ4n) is 2.19. The van der Waals surface area contributed by atoms with Crippen molar-refractivity contribution in [2.45, 2.75) is 34.1 Å². The van der Waals surface area contributed by atoms with Crippen molar-refractivity contribution in [2.75, 3.05) is 18.8 Å². The van der Waals surface area contributed by atoms with Crippen LogP contribution in [0.1, 0.15) is 34.1 Å². The minimum absolute atomic E-state index is 0.339. The number of rotatable bonds is 5. The lowest BCUT2D eigenvalue weighted by molar-refractivity contribution is -0.128. The van der Waals surface area contributed by atoms with Gasteiger partial charge in [0.05, 0.1) is 0 Å². The predicted molar refractivity (Wildman–Crippen MR) is 71.7 cm³/mol. The Morgan fingerprint density at radius 1 is 1.38 bits per heavy atom. The minimum Gasteiger partial charge on any atom is -0.342 e. The average molecular weight is 243 g/mol. The van der Waals surface area contributed by atoms with Gasteiger partial charge in [-0.15, -0.1) is 0 Å². The van der Waals surface area contributed by atoms with Gasteiger partial charge < -0.3 is 4.90 Å². The summed E-state index contributed by atoms with van der Waals surface area (Å²) in [7, 11) is 0. The first-order valence-electron chi connectivity index (χ1n) is 6.34. The van der Waals surface area contributed by atoms with Crippen LogP contribution in [0.5, 0.6) is 0 Å². The first-order valence-corrected chi connectivity index (χ1v) is 6.97. The first-order chi connectivity index (χ1) is 7.45. The highest BCUT2D eigenvalue weighted by atomic mass is 32.1. The molecule has 0 aromatic rings. The molecule has 2 atom stereocenters. The minimum atomic E-state index is 0.339. The smallest absolute Gasteiger partial charge is 0.222 e. The van der Waals surface area contributed by atoms with E-state index in [1.165, 1.54) is 0 Å². The lowest BCUT2D eigenvalue weighted by Crippen LogP contribution is -2.34. The van der Waals surface area contributed by atoms with Gasteiger partial charge in [0.2, 0.25) is 5.91 Å². The third kappa shape index (κ3) is 3.41. The standard InChI is InChI=1S/C13H25NOS/c1-9(2)11-5-13(15)14(6-11)7-12(8-16)10(3)4/h9-12,16H,5-8H2,1-4H3. The van der Waals surface area contributed by atoms with E-state index in [9.17, 15) is 4.79 Å². The van der Waals surface area contributed by atoms with Crippen molar-refractivity contribution < 1.29 is 4.79 Å². The summed E-state index contributed by atoms with van der Waals surface area (Å²) >= 11 is 4.38. The largest absolute Gasteiger partial charge is 0.342 e. The molecule has 94 valence electrons. The van der Waals surface area contributed by atoms with Crippen molar-refractivity contribution in [2.24, 2.45) is 23.7 Å². The van der Waals surface area contributed by atoms with Gasteiger partial charge in [0.1, 0.15) is 0 Å². The fourth-order valence-corrected chi connectivity index (χ4v) is 2.73. The van der Waals surface area contributed by atoms with Crippen molar-refractivity contribution in [3.63, 3.8) is 0 Å². The monoisotopic (exact) mass is 243 g/mol. The molecule has 1 amide bonds. The number of carbonyl (C=O) groups excluding carboxylic acids is 1. The van der Waals surface area contributed by atoms with Gasteiger partial charge in [-0.25, -0.2) is 0 Å². The summed E-state index contributed by atoms with van der Waals surface area (Å²) in [5.74, 6) is 3.50. The first kappa shape index (κ1) is 13.9. The van der Waals surface area contributed by atoms with Gasteiger partial charge >= 0.3 is 0 Å². The van der Waals surface area contributed by atoms with Gasteiger partial charge in [-0.2, -0.15) is 12.6 Å². The van der Waals surface area contributed by atoms with Gasteiger partial charge in [-0.1, -0.05) is 27.7 Å². The van der Waals surface area contributed by atoms with Crippen LogP contribution in [0.15, 0.2) is 0 Å². The van der Waals surface area contributed by atoms with Crippen molar-refractivity contribution in [3.05, 3.63) is 0 Å².